The van der Waals surface area contributed by atoms with Gasteiger partial charge in [0.05, 0.1) is 22.5 Å². The summed E-state index contributed by atoms with van der Waals surface area (Å²) in [6, 6.07) is 12.6. The molecule has 152 valence electrons. The van der Waals surface area contributed by atoms with Crippen LogP contribution in [0, 0.1) is 18.8 Å². The number of amides is 3. The van der Waals surface area contributed by atoms with E-state index >= 15 is 0 Å². The summed E-state index contributed by atoms with van der Waals surface area (Å²) in [5, 5.41) is 3.35. The van der Waals surface area contributed by atoms with Crippen LogP contribution in [0.15, 0.2) is 42.5 Å². The Morgan fingerprint density at radius 1 is 1.10 bits per heavy atom. The van der Waals surface area contributed by atoms with E-state index < -0.39 is 17.4 Å². The van der Waals surface area contributed by atoms with Crippen molar-refractivity contribution in [3.63, 3.8) is 0 Å². The zero-order valence-electron chi connectivity index (χ0n) is 16.4. The predicted octanol–water partition coefficient (Wildman–Crippen LogP) is 3.08. The zero-order chi connectivity index (χ0) is 20.8. The van der Waals surface area contributed by atoms with Crippen molar-refractivity contribution in [2.75, 3.05) is 16.8 Å². The molecule has 4 aliphatic heterocycles. The topological polar surface area (TPSA) is 69.7 Å². The Balaban J connectivity index is 1.58. The first-order chi connectivity index (χ1) is 14.5. The summed E-state index contributed by atoms with van der Waals surface area (Å²) in [4.78, 5) is 44.3. The number of carbonyl (C=O) groups excluding carboxylic acids is 3. The lowest BCUT2D eigenvalue weighted by Gasteiger charge is -2.36. The molecule has 0 bridgehead atoms. The van der Waals surface area contributed by atoms with Crippen molar-refractivity contribution < 1.29 is 14.4 Å². The maximum atomic E-state index is 13.8. The molecule has 1 N–H and O–H groups in total. The van der Waals surface area contributed by atoms with Crippen LogP contribution in [0.5, 0.6) is 0 Å². The van der Waals surface area contributed by atoms with E-state index in [1.807, 2.05) is 25.1 Å². The summed E-state index contributed by atoms with van der Waals surface area (Å²) in [6.45, 7) is 2.67. The summed E-state index contributed by atoms with van der Waals surface area (Å²) in [5.41, 5.74) is 1.81. The number of nitrogens with one attached hydrogen (secondary N) is 1. The SMILES string of the molecule is Cc1ccc2c(c1)[C@]1(C(=O)N2)[C@@H]2C(=O)N(c3ccccc3Cl)C(=O)[C@H]2[C@H]2CCCN21. The van der Waals surface area contributed by atoms with Gasteiger partial charge in [0.2, 0.25) is 17.7 Å². The van der Waals surface area contributed by atoms with Crippen molar-refractivity contribution in [1.29, 1.82) is 0 Å². The number of hydrogen-bond donors (Lipinski definition) is 1. The maximum Gasteiger partial charge on any atom is 0.250 e. The van der Waals surface area contributed by atoms with Crippen LogP contribution in [-0.2, 0) is 19.9 Å². The molecular formula is C23H20ClN3O3. The number of halogens is 1. The molecule has 0 radical (unpaired) electrons. The first-order valence-corrected chi connectivity index (χ1v) is 10.7. The van der Waals surface area contributed by atoms with Gasteiger partial charge in [-0.1, -0.05) is 41.4 Å². The Labute approximate surface area is 178 Å². The van der Waals surface area contributed by atoms with Crippen LogP contribution < -0.4 is 10.2 Å². The quantitative estimate of drug-likeness (QED) is 0.718. The van der Waals surface area contributed by atoms with Gasteiger partial charge in [-0.3, -0.25) is 19.3 Å². The number of para-hydroxylation sites is 1. The largest absolute Gasteiger partial charge is 0.324 e. The number of anilines is 2. The summed E-state index contributed by atoms with van der Waals surface area (Å²) in [7, 11) is 0. The van der Waals surface area contributed by atoms with Gasteiger partial charge in [-0.25, -0.2) is 4.90 Å². The third kappa shape index (κ3) is 1.96. The van der Waals surface area contributed by atoms with Crippen LogP contribution >= 0.6 is 11.6 Å². The van der Waals surface area contributed by atoms with Crippen LogP contribution in [0.2, 0.25) is 5.02 Å². The van der Waals surface area contributed by atoms with Crippen LogP contribution in [-0.4, -0.2) is 35.2 Å². The third-order valence-corrected chi connectivity index (χ3v) is 7.56. The zero-order valence-corrected chi connectivity index (χ0v) is 17.1. The molecule has 6 rings (SSSR count). The maximum absolute atomic E-state index is 13.8. The van der Waals surface area contributed by atoms with E-state index in [2.05, 4.69) is 10.2 Å². The van der Waals surface area contributed by atoms with Crippen molar-refractivity contribution >= 4 is 40.7 Å². The van der Waals surface area contributed by atoms with Gasteiger partial charge in [0.15, 0.2) is 0 Å². The number of fused-ring (bicyclic) bond motifs is 7. The second-order valence-corrected chi connectivity index (χ2v) is 9.05. The van der Waals surface area contributed by atoms with Crippen LogP contribution in [0.1, 0.15) is 24.0 Å². The normalized spacial score (nSPS) is 32.0. The number of nitrogens with zero attached hydrogens (tertiary/aromatic N) is 2. The van der Waals surface area contributed by atoms with Gasteiger partial charge in [-0.05, 0) is 44.5 Å². The number of imide groups is 1. The molecule has 0 aromatic heterocycles. The highest BCUT2D eigenvalue weighted by Gasteiger charge is 2.74. The number of rotatable bonds is 1. The van der Waals surface area contributed by atoms with E-state index in [0.29, 0.717) is 17.3 Å². The molecule has 2 aromatic rings. The molecule has 3 saturated heterocycles. The van der Waals surface area contributed by atoms with E-state index in [1.165, 1.54) is 4.90 Å². The number of benzene rings is 2. The summed E-state index contributed by atoms with van der Waals surface area (Å²) >= 11 is 6.35. The van der Waals surface area contributed by atoms with Crippen molar-refractivity contribution in [2.45, 2.75) is 31.3 Å². The number of hydrogen-bond acceptors (Lipinski definition) is 4. The van der Waals surface area contributed by atoms with Gasteiger partial charge in [-0.15, -0.1) is 0 Å². The number of aryl methyl sites for hydroxylation is 1. The summed E-state index contributed by atoms with van der Waals surface area (Å²) < 4.78 is 0. The molecule has 0 saturated carbocycles. The molecular weight excluding hydrogens is 402 g/mol. The van der Waals surface area contributed by atoms with Gasteiger partial charge in [0.1, 0.15) is 5.54 Å². The van der Waals surface area contributed by atoms with Crippen molar-refractivity contribution in [1.82, 2.24) is 4.90 Å². The Bertz CT molecular complexity index is 1150. The van der Waals surface area contributed by atoms with E-state index in [1.54, 1.807) is 24.3 Å². The lowest BCUT2D eigenvalue weighted by Crippen LogP contribution is -2.54. The van der Waals surface area contributed by atoms with Crippen LogP contribution in [0.4, 0.5) is 11.4 Å². The van der Waals surface area contributed by atoms with E-state index in [9.17, 15) is 14.4 Å². The molecule has 4 aliphatic rings. The predicted molar refractivity (Wildman–Crippen MR) is 112 cm³/mol. The standard InChI is InChI=1S/C23H20ClN3O3/c1-12-8-9-15-13(11-12)23(22(30)25-15)19-18(17-7-4-10-26(17)23)20(28)27(21(19)29)16-6-3-2-5-14(16)24/h2-3,5-6,8-9,11,17-19H,4,7,10H2,1H3,(H,25,30)/t17-,18+,19+,23-/m1/s1. The lowest BCUT2D eigenvalue weighted by molar-refractivity contribution is -0.135. The second kappa shape index (κ2) is 5.93. The fourth-order valence-electron chi connectivity index (χ4n) is 6.19. The highest BCUT2D eigenvalue weighted by molar-refractivity contribution is 6.36. The Morgan fingerprint density at radius 2 is 1.90 bits per heavy atom. The fourth-order valence-corrected chi connectivity index (χ4v) is 6.41. The molecule has 3 amide bonds. The number of carbonyl (C=O) groups is 3. The summed E-state index contributed by atoms with van der Waals surface area (Å²) in [6.07, 6.45) is 1.70. The van der Waals surface area contributed by atoms with Crippen molar-refractivity contribution in [2.24, 2.45) is 11.8 Å². The van der Waals surface area contributed by atoms with Crippen molar-refractivity contribution in [3.8, 4) is 0 Å². The lowest BCUT2D eigenvalue weighted by atomic mass is 9.75. The summed E-state index contributed by atoms with van der Waals surface area (Å²) in [5.74, 6) is -2.09. The average Bonchev–Trinajstić information content (AvgIpc) is 3.42. The van der Waals surface area contributed by atoms with E-state index in [-0.39, 0.29) is 23.8 Å². The Hall–Kier alpha value is -2.70. The Morgan fingerprint density at radius 3 is 2.70 bits per heavy atom. The fraction of sp³-hybridized carbons (Fsp3) is 0.348. The molecule has 1 spiro atoms. The molecule has 3 fully saturated rings. The van der Waals surface area contributed by atoms with Gasteiger partial charge in [-0.2, -0.15) is 0 Å². The highest BCUT2D eigenvalue weighted by Crippen LogP contribution is 2.60. The molecule has 6 nitrogen and oxygen atoms in total. The average molecular weight is 422 g/mol. The third-order valence-electron chi connectivity index (χ3n) is 7.24. The van der Waals surface area contributed by atoms with Gasteiger partial charge >= 0.3 is 0 Å². The molecule has 0 unspecified atom stereocenters. The molecule has 4 atom stereocenters. The smallest absolute Gasteiger partial charge is 0.250 e. The molecule has 30 heavy (non-hydrogen) atoms. The molecule has 4 heterocycles. The van der Waals surface area contributed by atoms with Crippen LogP contribution in [0.25, 0.3) is 0 Å². The van der Waals surface area contributed by atoms with E-state index in [0.717, 1.165) is 29.7 Å². The molecule has 2 aromatic carbocycles. The molecule has 0 aliphatic carbocycles. The molecule has 7 heteroatoms. The van der Waals surface area contributed by atoms with Crippen LogP contribution in [0.3, 0.4) is 0 Å². The highest BCUT2D eigenvalue weighted by atomic mass is 35.5. The first kappa shape index (κ1) is 18.1. The van der Waals surface area contributed by atoms with Crippen molar-refractivity contribution in [3.05, 3.63) is 58.6 Å². The minimum atomic E-state index is -1.14. The van der Waals surface area contributed by atoms with E-state index in [4.69, 9.17) is 11.6 Å². The minimum absolute atomic E-state index is 0.129. The van der Waals surface area contributed by atoms with Gasteiger partial charge in [0.25, 0.3) is 0 Å². The second-order valence-electron chi connectivity index (χ2n) is 8.64. The Kier molecular flexibility index (Phi) is 3.58. The minimum Gasteiger partial charge on any atom is -0.324 e. The first-order valence-electron chi connectivity index (χ1n) is 10.3. The van der Waals surface area contributed by atoms with Gasteiger partial charge in [0, 0.05) is 17.3 Å². The monoisotopic (exact) mass is 421 g/mol. The van der Waals surface area contributed by atoms with Gasteiger partial charge < -0.3 is 5.32 Å².